The number of ether oxygens (including phenoxy) is 1. The van der Waals surface area contributed by atoms with Crippen molar-refractivity contribution in [3.63, 3.8) is 0 Å². The molecule has 0 unspecified atom stereocenters. The van der Waals surface area contributed by atoms with Crippen molar-refractivity contribution in [3.8, 4) is 11.4 Å². The SMILES string of the molecule is Cc1ccc2c(c1)OC1(CCN(C(=O)O)CC1)c1cccn1-2. The number of fused-ring (bicyclic) bond motifs is 4. The Hall–Kier alpha value is -2.43. The summed E-state index contributed by atoms with van der Waals surface area (Å²) in [7, 11) is 0. The fourth-order valence-electron chi connectivity index (χ4n) is 3.54. The summed E-state index contributed by atoms with van der Waals surface area (Å²) in [6, 6.07) is 10.3. The molecule has 4 rings (SSSR count). The predicted molar refractivity (Wildman–Crippen MR) is 81.6 cm³/mol. The largest absolute Gasteiger partial charge is 0.479 e. The summed E-state index contributed by atoms with van der Waals surface area (Å²) in [5, 5.41) is 9.15. The van der Waals surface area contributed by atoms with E-state index in [4.69, 9.17) is 9.84 Å². The number of nitrogens with zero attached hydrogens (tertiary/aromatic N) is 2. The molecule has 5 heteroatoms. The second-order valence-electron chi connectivity index (χ2n) is 6.10. The third kappa shape index (κ3) is 1.81. The summed E-state index contributed by atoms with van der Waals surface area (Å²) in [5.41, 5.74) is 2.91. The van der Waals surface area contributed by atoms with E-state index in [1.807, 2.05) is 6.07 Å². The molecule has 1 amide bonds. The zero-order valence-corrected chi connectivity index (χ0v) is 12.5. The summed E-state index contributed by atoms with van der Waals surface area (Å²) >= 11 is 0. The van der Waals surface area contributed by atoms with Gasteiger partial charge in [-0.05, 0) is 36.8 Å². The lowest BCUT2D eigenvalue weighted by Crippen LogP contribution is -2.49. The van der Waals surface area contributed by atoms with Crippen LogP contribution in [0.15, 0.2) is 36.5 Å². The normalized spacial score (nSPS) is 18.5. The van der Waals surface area contributed by atoms with Crippen LogP contribution < -0.4 is 4.74 Å². The molecule has 5 nitrogen and oxygen atoms in total. The smallest absolute Gasteiger partial charge is 0.407 e. The Morgan fingerprint density at radius 2 is 2.05 bits per heavy atom. The minimum atomic E-state index is -0.850. The maximum absolute atomic E-state index is 11.1. The second kappa shape index (κ2) is 4.53. The van der Waals surface area contributed by atoms with Gasteiger partial charge in [0, 0.05) is 32.1 Å². The van der Waals surface area contributed by atoms with Gasteiger partial charge in [-0.15, -0.1) is 0 Å². The second-order valence-corrected chi connectivity index (χ2v) is 6.10. The van der Waals surface area contributed by atoms with Gasteiger partial charge in [0.05, 0.1) is 11.4 Å². The summed E-state index contributed by atoms with van der Waals surface area (Å²) in [6.07, 6.45) is 2.56. The Morgan fingerprint density at radius 1 is 1.27 bits per heavy atom. The van der Waals surface area contributed by atoms with Crippen molar-refractivity contribution in [1.82, 2.24) is 9.47 Å². The van der Waals surface area contributed by atoms with Crippen molar-refractivity contribution in [3.05, 3.63) is 47.8 Å². The van der Waals surface area contributed by atoms with Crippen molar-refractivity contribution in [2.24, 2.45) is 0 Å². The Kier molecular flexibility index (Phi) is 2.73. The van der Waals surface area contributed by atoms with Crippen LogP contribution in [0.1, 0.15) is 24.1 Å². The van der Waals surface area contributed by atoms with Gasteiger partial charge in [0.1, 0.15) is 5.75 Å². The van der Waals surface area contributed by atoms with Crippen LogP contribution in [0.3, 0.4) is 0 Å². The molecule has 114 valence electrons. The third-order valence-electron chi connectivity index (χ3n) is 4.74. The number of amides is 1. The molecule has 2 aromatic rings. The van der Waals surface area contributed by atoms with Gasteiger partial charge >= 0.3 is 6.09 Å². The molecule has 1 saturated heterocycles. The molecule has 0 saturated carbocycles. The van der Waals surface area contributed by atoms with Crippen molar-refractivity contribution in [1.29, 1.82) is 0 Å². The number of aryl methyl sites for hydroxylation is 1. The highest BCUT2D eigenvalue weighted by molar-refractivity contribution is 5.65. The molecule has 2 aliphatic rings. The lowest BCUT2D eigenvalue weighted by molar-refractivity contribution is -0.00895. The van der Waals surface area contributed by atoms with E-state index in [-0.39, 0.29) is 0 Å². The number of aromatic nitrogens is 1. The molecule has 1 aromatic carbocycles. The first-order valence-electron chi connectivity index (χ1n) is 7.55. The van der Waals surface area contributed by atoms with E-state index in [9.17, 15) is 4.79 Å². The quantitative estimate of drug-likeness (QED) is 0.813. The van der Waals surface area contributed by atoms with Crippen molar-refractivity contribution in [2.45, 2.75) is 25.4 Å². The zero-order valence-electron chi connectivity index (χ0n) is 12.5. The lowest BCUT2D eigenvalue weighted by Gasteiger charge is -2.44. The molecule has 1 fully saturated rings. The monoisotopic (exact) mass is 298 g/mol. The van der Waals surface area contributed by atoms with Crippen LogP contribution in [0.25, 0.3) is 5.69 Å². The third-order valence-corrected chi connectivity index (χ3v) is 4.74. The average molecular weight is 298 g/mol. The van der Waals surface area contributed by atoms with Crippen LogP contribution in [0.5, 0.6) is 5.75 Å². The fourth-order valence-corrected chi connectivity index (χ4v) is 3.54. The Balaban J connectivity index is 1.76. The number of carbonyl (C=O) groups is 1. The van der Waals surface area contributed by atoms with Gasteiger partial charge in [-0.1, -0.05) is 6.07 Å². The van der Waals surface area contributed by atoms with Gasteiger partial charge < -0.3 is 19.3 Å². The summed E-state index contributed by atoms with van der Waals surface area (Å²) in [4.78, 5) is 12.6. The standard InChI is InChI=1S/C17H18N2O3/c1-12-4-5-13-14(11-12)22-17(15-3-2-8-19(13)15)6-9-18(10-7-17)16(20)21/h2-5,8,11H,6-7,9-10H2,1H3,(H,20,21). The zero-order chi connectivity index (χ0) is 15.3. The van der Waals surface area contributed by atoms with Crippen LogP contribution >= 0.6 is 0 Å². The fraction of sp³-hybridized carbons (Fsp3) is 0.353. The first-order chi connectivity index (χ1) is 10.6. The first-order valence-corrected chi connectivity index (χ1v) is 7.55. The maximum Gasteiger partial charge on any atom is 0.407 e. The van der Waals surface area contributed by atoms with Gasteiger partial charge in [0.2, 0.25) is 0 Å². The molecular weight excluding hydrogens is 280 g/mol. The highest BCUT2D eigenvalue weighted by atomic mass is 16.5. The maximum atomic E-state index is 11.1. The van der Waals surface area contributed by atoms with Gasteiger partial charge in [-0.2, -0.15) is 0 Å². The number of hydrogen-bond acceptors (Lipinski definition) is 2. The Labute approximate surface area is 128 Å². The molecule has 1 spiro atoms. The molecule has 0 radical (unpaired) electrons. The summed E-state index contributed by atoms with van der Waals surface area (Å²) in [5.74, 6) is 0.882. The highest BCUT2D eigenvalue weighted by Crippen LogP contribution is 2.45. The molecule has 3 heterocycles. The first kappa shape index (κ1) is 13.2. The minimum Gasteiger partial charge on any atom is -0.479 e. The molecule has 1 N–H and O–H groups in total. The van der Waals surface area contributed by atoms with Crippen LogP contribution in [0.4, 0.5) is 4.79 Å². The molecular formula is C17H18N2O3. The Morgan fingerprint density at radius 3 is 2.77 bits per heavy atom. The van der Waals surface area contributed by atoms with Crippen molar-refractivity contribution in [2.75, 3.05) is 13.1 Å². The van der Waals surface area contributed by atoms with E-state index >= 15 is 0 Å². The van der Waals surface area contributed by atoms with Crippen LogP contribution in [-0.2, 0) is 5.60 Å². The number of rotatable bonds is 0. The van der Waals surface area contributed by atoms with Crippen LogP contribution in [0.2, 0.25) is 0 Å². The molecule has 1 aromatic heterocycles. The van der Waals surface area contributed by atoms with Crippen LogP contribution in [-0.4, -0.2) is 33.8 Å². The van der Waals surface area contributed by atoms with E-state index in [0.717, 1.165) is 22.7 Å². The van der Waals surface area contributed by atoms with E-state index < -0.39 is 11.7 Å². The summed E-state index contributed by atoms with van der Waals surface area (Å²) in [6.45, 7) is 3.05. The highest BCUT2D eigenvalue weighted by Gasteiger charge is 2.44. The average Bonchev–Trinajstić information content (AvgIpc) is 2.98. The predicted octanol–water partition coefficient (Wildman–Crippen LogP) is 3.15. The van der Waals surface area contributed by atoms with E-state index in [1.54, 1.807) is 0 Å². The van der Waals surface area contributed by atoms with Crippen molar-refractivity contribution >= 4 is 6.09 Å². The van der Waals surface area contributed by atoms with Gasteiger partial charge in [-0.25, -0.2) is 4.79 Å². The topological polar surface area (TPSA) is 54.7 Å². The van der Waals surface area contributed by atoms with Gasteiger partial charge in [0.25, 0.3) is 0 Å². The molecule has 0 aliphatic carbocycles. The number of hydrogen-bond donors (Lipinski definition) is 1. The van der Waals surface area contributed by atoms with E-state index in [0.29, 0.717) is 25.9 Å². The van der Waals surface area contributed by atoms with E-state index in [2.05, 4.69) is 42.0 Å². The minimum absolute atomic E-state index is 0.420. The molecule has 0 atom stereocenters. The number of benzene rings is 1. The van der Waals surface area contributed by atoms with Crippen molar-refractivity contribution < 1.29 is 14.6 Å². The number of piperidine rings is 1. The van der Waals surface area contributed by atoms with Crippen LogP contribution in [0, 0.1) is 6.92 Å². The van der Waals surface area contributed by atoms with E-state index in [1.165, 1.54) is 4.90 Å². The lowest BCUT2D eigenvalue weighted by atomic mass is 9.86. The molecule has 22 heavy (non-hydrogen) atoms. The number of carboxylic acid groups (broad SMARTS) is 1. The molecule has 2 aliphatic heterocycles. The Bertz CT molecular complexity index is 742. The molecule has 0 bridgehead atoms. The number of likely N-dealkylation sites (tertiary alicyclic amines) is 1. The summed E-state index contributed by atoms with van der Waals surface area (Å²) < 4.78 is 8.59. The van der Waals surface area contributed by atoms with Gasteiger partial charge in [-0.3, -0.25) is 0 Å². The van der Waals surface area contributed by atoms with Gasteiger partial charge in [0.15, 0.2) is 5.60 Å².